The van der Waals surface area contributed by atoms with E-state index in [4.69, 9.17) is 5.73 Å². The van der Waals surface area contributed by atoms with Gasteiger partial charge in [0.1, 0.15) is 5.52 Å². The van der Waals surface area contributed by atoms with Gasteiger partial charge in [-0.15, -0.1) is 0 Å². The van der Waals surface area contributed by atoms with Gasteiger partial charge in [-0.1, -0.05) is 0 Å². The summed E-state index contributed by atoms with van der Waals surface area (Å²) in [5.41, 5.74) is 7.74. The third-order valence-corrected chi connectivity index (χ3v) is 2.70. The van der Waals surface area contributed by atoms with Gasteiger partial charge in [0.2, 0.25) is 5.95 Å². The van der Waals surface area contributed by atoms with E-state index in [1.807, 2.05) is 10.9 Å². The van der Waals surface area contributed by atoms with Crippen LogP contribution in [0.2, 0.25) is 0 Å². The number of anilines is 3. The molecule has 98 valence electrons. The maximum absolute atomic E-state index is 5.65. The van der Waals surface area contributed by atoms with Crippen LogP contribution in [0.3, 0.4) is 0 Å². The van der Waals surface area contributed by atoms with Crippen LogP contribution in [0.25, 0.3) is 11.2 Å². The summed E-state index contributed by atoms with van der Waals surface area (Å²) in [5.74, 6) is 0.765. The standard InChI is InChI=1S/C11H14N8/c1-6(2)19-4-7(3-15-19)16-10-8-9(14-5-13-8)17-11(12)18-10/h3-6H,1-2H3,(H4,12,13,14,16,17,18). The van der Waals surface area contributed by atoms with Gasteiger partial charge in [-0.2, -0.15) is 15.1 Å². The lowest BCUT2D eigenvalue weighted by molar-refractivity contribution is 0.532. The molecule has 3 heterocycles. The SMILES string of the molecule is CC(C)n1cc(Nc2nc(N)nc3nc[nH]c23)cn1. The fourth-order valence-electron chi connectivity index (χ4n) is 1.76. The number of nitrogens with one attached hydrogen (secondary N) is 2. The van der Waals surface area contributed by atoms with Crippen LogP contribution in [0.4, 0.5) is 17.5 Å². The van der Waals surface area contributed by atoms with E-state index in [1.165, 1.54) is 0 Å². The van der Waals surface area contributed by atoms with Gasteiger partial charge in [0.15, 0.2) is 11.5 Å². The highest BCUT2D eigenvalue weighted by Gasteiger charge is 2.10. The van der Waals surface area contributed by atoms with Crippen LogP contribution in [0.5, 0.6) is 0 Å². The minimum absolute atomic E-state index is 0.179. The second kappa shape index (κ2) is 4.23. The maximum Gasteiger partial charge on any atom is 0.224 e. The Bertz CT molecular complexity index is 710. The van der Waals surface area contributed by atoms with Gasteiger partial charge < -0.3 is 16.0 Å². The third kappa shape index (κ3) is 2.07. The Balaban J connectivity index is 1.97. The van der Waals surface area contributed by atoms with E-state index < -0.39 is 0 Å². The largest absolute Gasteiger partial charge is 0.368 e. The molecule has 3 aromatic heterocycles. The minimum atomic E-state index is 0.179. The van der Waals surface area contributed by atoms with Crippen LogP contribution in [0, 0.1) is 0 Å². The first kappa shape index (κ1) is 11.5. The molecule has 0 radical (unpaired) electrons. The average Bonchev–Trinajstić information content (AvgIpc) is 2.96. The summed E-state index contributed by atoms with van der Waals surface area (Å²) in [6.45, 7) is 4.12. The normalized spacial score (nSPS) is 11.3. The zero-order valence-corrected chi connectivity index (χ0v) is 10.6. The van der Waals surface area contributed by atoms with Crippen LogP contribution in [0.15, 0.2) is 18.7 Å². The Labute approximate surface area is 109 Å². The maximum atomic E-state index is 5.65. The number of aromatic amines is 1. The van der Waals surface area contributed by atoms with Crippen molar-refractivity contribution in [3.63, 3.8) is 0 Å². The summed E-state index contributed by atoms with van der Waals surface area (Å²) < 4.78 is 1.86. The van der Waals surface area contributed by atoms with Gasteiger partial charge in [-0.3, -0.25) is 4.68 Å². The molecule has 0 atom stereocenters. The topological polar surface area (TPSA) is 110 Å². The number of hydrogen-bond acceptors (Lipinski definition) is 6. The van der Waals surface area contributed by atoms with Crippen molar-refractivity contribution >= 4 is 28.6 Å². The van der Waals surface area contributed by atoms with Gasteiger partial charge >= 0.3 is 0 Å². The van der Waals surface area contributed by atoms with Crippen molar-refractivity contribution in [1.29, 1.82) is 0 Å². The fourth-order valence-corrected chi connectivity index (χ4v) is 1.76. The van der Waals surface area contributed by atoms with Crippen LogP contribution in [-0.2, 0) is 0 Å². The van der Waals surface area contributed by atoms with Crippen molar-refractivity contribution < 1.29 is 0 Å². The number of aromatic nitrogens is 6. The van der Waals surface area contributed by atoms with Crippen LogP contribution in [0.1, 0.15) is 19.9 Å². The molecule has 0 aromatic carbocycles. The minimum Gasteiger partial charge on any atom is -0.368 e. The molecule has 3 aromatic rings. The Morgan fingerprint density at radius 3 is 2.95 bits per heavy atom. The van der Waals surface area contributed by atoms with Crippen molar-refractivity contribution in [2.24, 2.45) is 0 Å². The van der Waals surface area contributed by atoms with E-state index in [0.29, 0.717) is 23.0 Å². The summed E-state index contributed by atoms with van der Waals surface area (Å²) >= 11 is 0. The van der Waals surface area contributed by atoms with Crippen LogP contribution >= 0.6 is 0 Å². The van der Waals surface area contributed by atoms with Crippen molar-refractivity contribution in [1.82, 2.24) is 29.7 Å². The molecular formula is C11H14N8. The Morgan fingerprint density at radius 1 is 1.37 bits per heavy atom. The number of imidazole rings is 1. The first-order valence-electron chi connectivity index (χ1n) is 5.91. The molecule has 0 saturated heterocycles. The van der Waals surface area contributed by atoms with Crippen molar-refractivity contribution in [3.8, 4) is 0 Å². The lowest BCUT2D eigenvalue weighted by Crippen LogP contribution is -2.01. The molecule has 0 aliphatic carbocycles. The molecule has 3 rings (SSSR count). The lowest BCUT2D eigenvalue weighted by atomic mass is 10.4. The molecule has 0 fully saturated rings. The number of nitrogen functional groups attached to an aromatic ring is 1. The first-order valence-corrected chi connectivity index (χ1v) is 5.91. The number of H-pyrrole nitrogens is 1. The Morgan fingerprint density at radius 2 is 2.21 bits per heavy atom. The molecule has 19 heavy (non-hydrogen) atoms. The second-order valence-corrected chi connectivity index (χ2v) is 4.46. The average molecular weight is 258 g/mol. The van der Waals surface area contributed by atoms with Gasteiger partial charge in [-0.25, -0.2) is 4.98 Å². The van der Waals surface area contributed by atoms with E-state index in [-0.39, 0.29) is 5.95 Å². The zero-order valence-electron chi connectivity index (χ0n) is 10.6. The first-order chi connectivity index (χ1) is 9.13. The Kier molecular flexibility index (Phi) is 2.55. The van der Waals surface area contributed by atoms with Crippen molar-refractivity contribution in [3.05, 3.63) is 18.7 Å². The number of nitrogens with two attached hydrogens (primary N) is 1. The van der Waals surface area contributed by atoms with Crippen molar-refractivity contribution in [2.75, 3.05) is 11.1 Å². The van der Waals surface area contributed by atoms with Gasteiger partial charge in [-0.05, 0) is 13.8 Å². The predicted octanol–water partition coefficient (Wildman–Crippen LogP) is 1.46. The van der Waals surface area contributed by atoms with E-state index in [0.717, 1.165) is 5.69 Å². The highest BCUT2D eigenvalue weighted by molar-refractivity contribution is 5.85. The Hall–Kier alpha value is -2.64. The predicted molar refractivity (Wildman–Crippen MR) is 72.0 cm³/mol. The monoisotopic (exact) mass is 258 g/mol. The highest BCUT2D eigenvalue weighted by atomic mass is 15.3. The molecule has 0 aliphatic rings. The molecule has 8 nitrogen and oxygen atoms in total. The zero-order chi connectivity index (χ0) is 13.4. The quantitative estimate of drug-likeness (QED) is 0.656. The third-order valence-electron chi connectivity index (χ3n) is 2.70. The molecule has 0 bridgehead atoms. The molecule has 0 saturated carbocycles. The summed E-state index contributed by atoms with van der Waals surface area (Å²) in [6, 6.07) is 0.304. The number of nitrogens with zero attached hydrogens (tertiary/aromatic N) is 5. The summed E-state index contributed by atoms with van der Waals surface area (Å²) in [6.07, 6.45) is 5.20. The van der Waals surface area contributed by atoms with Gasteiger partial charge in [0, 0.05) is 12.2 Å². The molecule has 0 unspecified atom stereocenters. The smallest absolute Gasteiger partial charge is 0.224 e. The fraction of sp³-hybridized carbons (Fsp3) is 0.273. The van der Waals surface area contributed by atoms with Crippen LogP contribution in [-0.4, -0.2) is 29.7 Å². The van der Waals surface area contributed by atoms with Gasteiger partial charge in [0.05, 0.1) is 18.2 Å². The van der Waals surface area contributed by atoms with Crippen LogP contribution < -0.4 is 11.1 Å². The molecule has 8 heteroatoms. The summed E-state index contributed by atoms with van der Waals surface area (Å²) in [5, 5.41) is 7.42. The van der Waals surface area contributed by atoms with Gasteiger partial charge in [0.25, 0.3) is 0 Å². The van der Waals surface area contributed by atoms with E-state index >= 15 is 0 Å². The molecule has 0 aliphatic heterocycles. The molecular weight excluding hydrogens is 244 g/mol. The van der Waals surface area contributed by atoms with E-state index in [9.17, 15) is 0 Å². The molecule has 0 spiro atoms. The van der Waals surface area contributed by atoms with E-state index in [2.05, 4.69) is 44.2 Å². The van der Waals surface area contributed by atoms with E-state index in [1.54, 1.807) is 12.5 Å². The number of rotatable bonds is 3. The highest BCUT2D eigenvalue weighted by Crippen LogP contribution is 2.22. The molecule has 0 amide bonds. The molecule has 4 N–H and O–H groups in total. The van der Waals surface area contributed by atoms with Crippen molar-refractivity contribution in [2.45, 2.75) is 19.9 Å². The second-order valence-electron chi connectivity index (χ2n) is 4.46. The summed E-state index contributed by atoms with van der Waals surface area (Å²) in [4.78, 5) is 15.3. The summed E-state index contributed by atoms with van der Waals surface area (Å²) in [7, 11) is 0. The number of hydrogen-bond donors (Lipinski definition) is 3. The lowest BCUT2D eigenvalue weighted by Gasteiger charge is -2.05. The number of fused-ring (bicyclic) bond motifs is 1.